The van der Waals surface area contributed by atoms with Crippen molar-refractivity contribution in [3.05, 3.63) is 76.9 Å². The van der Waals surface area contributed by atoms with E-state index in [1.807, 2.05) is 18.2 Å². The highest BCUT2D eigenvalue weighted by Gasteiger charge is 2.17. The van der Waals surface area contributed by atoms with Crippen LogP contribution in [0.4, 0.5) is 0 Å². The maximum Gasteiger partial charge on any atom is 0.231 e. The van der Waals surface area contributed by atoms with Crippen LogP contribution in [0.3, 0.4) is 0 Å². The zero-order valence-corrected chi connectivity index (χ0v) is 18.3. The molecule has 0 N–H and O–H groups in total. The molecular formula is C26H28O5. The highest BCUT2D eigenvalue weighted by atomic mass is 16.7. The average molecular weight is 421 g/mol. The summed E-state index contributed by atoms with van der Waals surface area (Å²) in [5.74, 6) is 4.14. The molecule has 0 saturated heterocycles. The molecule has 0 aliphatic carbocycles. The van der Waals surface area contributed by atoms with Crippen molar-refractivity contribution in [1.29, 1.82) is 0 Å². The van der Waals surface area contributed by atoms with Gasteiger partial charge in [-0.15, -0.1) is 0 Å². The first-order valence-corrected chi connectivity index (χ1v) is 10.4. The average Bonchev–Trinajstić information content (AvgIpc) is 3.28. The van der Waals surface area contributed by atoms with E-state index in [0.717, 1.165) is 54.4 Å². The highest BCUT2D eigenvalue weighted by Crippen LogP contribution is 2.36. The molecular weight excluding hydrogens is 392 g/mol. The van der Waals surface area contributed by atoms with E-state index in [0.29, 0.717) is 0 Å². The number of benzene rings is 3. The van der Waals surface area contributed by atoms with Crippen molar-refractivity contribution in [2.45, 2.75) is 25.7 Å². The Labute approximate surface area is 183 Å². The van der Waals surface area contributed by atoms with E-state index in [2.05, 4.69) is 36.4 Å². The van der Waals surface area contributed by atoms with Crippen LogP contribution in [-0.2, 0) is 25.7 Å². The van der Waals surface area contributed by atoms with Gasteiger partial charge in [0.25, 0.3) is 0 Å². The standard InChI is InChI=1S/C26H28O5/c1-27-22-10-6-18(7-11-22)4-8-20-14-25-26(31-17-30-25)15-21(20)9-5-19-12-23(28-2)16-24(13-19)29-3/h6-7,10-16H,4-5,8-9,17H2,1-3H3. The fraction of sp³-hybridized carbons (Fsp3) is 0.308. The van der Waals surface area contributed by atoms with Gasteiger partial charge in [-0.2, -0.15) is 0 Å². The van der Waals surface area contributed by atoms with Crippen LogP contribution in [0.1, 0.15) is 22.3 Å². The number of hydrogen-bond donors (Lipinski definition) is 0. The molecule has 0 radical (unpaired) electrons. The second kappa shape index (κ2) is 9.65. The number of methoxy groups -OCH3 is 3. The molecule has 4 rings (SSSR count). The van der Waals surface area contributed by atoms with Crippen LogP contribution >= 0.6 is 0 Å². The lowest BCUT2D eigenvalue weighted by Crippen LogP contribution is -2.01. The Kier molecular flexibility index (Phi) is 6.51. The lowest BCUT2D eigenvalue weighted by atomic mass is 9.94. The van der Waals surface area contributed by atoms with Gasteiger partial charge >= 0.3 is 0 Å². The Morgan fingerprint density at radius 2 is 1.10 bits per heavy atom. The van der Waals surface area contributed by atoms with Gasteiger partial charge in [0.15, 0.2) is 11.5 Å². The van der Waals surface area contributed by atoms with Gasteiger partial charge in [0.2, 0.25) is 6.79 Å². The quantitative estimate of drug-likeness (QED) is 0.487. The fourth-order valence-corrected chi connectivity index (χ4v) is 3.85. The van der Waals surface area contributed by atoms with Crippen LogP contribution in [0.2, 0.25) is 0 Å². The number of rotatable bonds is 9. The first-order chi connectivity index (χ1) is 15.2. The van der Waals surface area contributed by atoms with Crippen LogP contribution in [0.25, 0.3) is 0 Å². The molecule has 0 spiro atoms. The molecule has 162 valence electrons. The highest BCUT2D eigenvalue weighted by molar-refractivity contribution is 5.49. The van der Waals surface area contributed by atoms with Gasteiger partial charge in [0.1, 0.15) is 17.2 Å². The number of hydrogen-bond acceptors (Lipinski definition) is 5. The molecule has 0 unspecified atom stereocenters. The third-order valence-electron chi connectivity index (χ3n) is 5.63. The number of aryl methyl sites for hydroxylation is 4. The minimum Gasteiger partial charge on any atom is -0.497 e. The van der Waals surface area contributed by atoms with Crippen molar-refractivity contribution in [2.75, 3.05) is 28.1 Å². The molecule has 0 atom stereocenters. The summed E-state index contributed by atoms with van der Waals surface area (Å²) < 4.78 is 27.3. The molecule has 0 saturated carbocycles. The lowest BCUT2D eigenvalue weighted by molar-refractivity contribution is 0.174. The summed E-state index contributed by atoms with van der Waals surface area (Å²) in [5.41, 5.74) is 5.02. The van der Waals surface area contributed by atoms with Gasteiger partial charge in [0, 0.05) is 6.07 Å². The van der Waals surface area contributed by atoms with E-state index in [4.69, 9.17) is 23.7 Å². The predicted octanol–water partition coefficient (Wildman–Crippen LogP) is 5.01. The largest absolute Gasteiger partial charge is 0.497 e. The minimum atomic E-state index is 0.282. The minimum absolute atomic E-state index is 0.282. The first-order valence-electron chi connectivity index (χ1n) is 10.4. The Bertz CT molecular complexity index is 1000. The molecule has 1 aliphatic rings. The molecule has 1 aliphatic heterocycles. The SMILES string of the molecule is COc1ccc(CCc2cc3c(cc2CCc2cc(OC)cc(OC)c2)OCO3)cc1. The molecule has 0 amide bonds. The van der Waals surface area contributed by atoms with Crippen molar-refractivity contribution < 1.29 is 23.7 Å². The summed E-state index contributed by atoms with van der Waals surface area (Å²) in [7, 11) is 5.03. The smallest absolute Gasteiger partial charge is 0.231 e. The number of fused-ring (bicyclic) bond motifs is 1. The Morgan fingerprint density at radius 1 is 0.581 bits per heavy atom. The zero-order valence-electron chi connectivity index (χ0n) is 18.3. The number of ether oxygens (including phenoxy) is 5. The third-order valence-corrected chi connectivity index (χ3v) is 5.63. The van der Waals surface area contributed by atoms with Crippen molar-refractivity contribution in [3.8, 4) is 28.7 Å². The topological polar surface area (TPSA) is 46.2 Å². The lowest BCUT2D eigenvalue weighted by Gasteiger charge is -2.13. The van der Waals surface area contributed by atoms with Crippen molar-refractivity contribution >= 4 is 0 Å². The van der Waals surface area contributed by atoms with E-state index in [1.165, 1.54) is 22.3 Å². The molecule has 0 fully saturated rings. The summed E-state index contributed by atoms with van der Waals surface area (Å²) in [4.78, 5) is 0. The summed E-state index contributed by atoms with van der Waals surface area (Å²) in [6.45, 7) is 0.282. The maximum atomic E-state index is 5.63. The molecule has 0 aromatic heterocycles. The summed E-state index contributed by atoms with van der Waals surface area (Å²) in [5, 5.41) is 0. The molecule has 3 aromatic rings. The fourth-order valence-electron chi connectivity index (χ4n) is 3.85. The molecule has 0 bridgehead atoms. The van der Waals surface area contributed by atoms with Crippen LogP contribution in [-0.4, -0.2) is 28.1 Å². The van der Waals surface area contributed by atoms with Gasteiger partial charge in [-0.05, 0) is 84.3 Å². The van der Waals surface area contributed by atoms with Gasteiger partial charge in [0.05, 0.1) is 21.3 Å². The third kappa shape index (κ3) is 5.05. The normalized spacial score (nSPS) is 12.0. The monoisotopic (exact) mass is 420 g/mol. The van der Waals surface area contributed by atoms with Gasteiger partial charge in [-0.1, -0.05) is 12.1 Å². The van der Waals surface area contributed by atoms with E-state index in [-0.39, 0.29) is 6.79 Å². The van der Waals surface area contributed by atoms with Crippen LogP contribution in [0.5, 0.6) is 28.7 Å². The van der Waals surface area contributed by atoms with Crippen molar-refractivity contribution in [3.63, 3.8) is 0 Å². The van der Waals surface area contributed by atoms with Gasteiger partial charge in [-0.25, -0.2) is 0 Å². The predicted molar refractivity (Wildman–Crippen MR) is 120 cm³/mol. The van der Waals surface area contributed by atoms with Crippen LogP contribution in [0.15, 0.2) is 54.6 Å². The van der Waals surface area contributed by atoms with E-state index >= 15 is 0 Å². The Morgan fingerprint density at radius 3 is 1.61 bits per heavy atom. The molecule has 1 heterocycles. The van der Waals surface area contributed by atoms with Crippen LogP contribution < -0.4 is 23.7 Å². The summed E-state index contributed by atoms with van der Waals surface area (Å²) in [6, 6.07) is 18.5. The van der Waals surface area contributed by atoms with Gasteiger partial charge in [-0.3, -0.25) is 0 Å². The molecule has 3 aromatic carbocycles. The Hall–Kier alpha value is -3.34. The second-order valence-corrected chi connectivity index (χ2v) is 7.54. The Balaban J connectivity index is 1.52. The van der Waals surface area contributed by atoms with Crippen molar-refractivity contribution in [1.82, 2.24) is 0 Å². The zero-order chi connectivity index (χ0) is 21.6. The van der Waals surface area contributed by atoms with Crippen molar-refractivity contribution in [2.24, 2.45) is 0 Å². The van der Waals surface area contributed by atoms with E-state index < -0.39 is 0 Å². The summed E-state index contributed by atoms with van der Waals surface area (Å²) in [6.07, 6.45) is 3.65. The molecule has 5 heteroatoms. The van der Waals surface area contributed by atoms with E-state index in [9.17, 15) is 0 Å². The maximum absolute atomic E-state index is 5.63. The molecule has 5 nitrogen and oxygen atoms in total. The van der Waals surface area contributed by atoms with Gasteiger partial charge < -0.3 is 23.7 Å². The van der Waals surface area contributed by atoms with Crippen LogP contribution in [0, 0.1) is 0 Å². The summed E-state index contributed by atoms with van der Waals surface area (Å²) >= 11 is 0. The van der Waals surface area contributed by atoms with E-state index in [1.54, 1.807) is 21.3 Å². The second-order valence-electron chi connectivity index (χ2n) is 7.54. The first kappa shape index (κ1) is 20.9. The molecule has 31 heavy (non-hydrogen) atoms.